The number of methoxy groups -OCH3 is 1. The maximum Gasteiger partial charge on any atom is 0.318 e. The fourth-order valence-corrected chi connectivity index (χ4v) is 9.34. The van der Waals surface area contributed by atoms with Crippen molar-refractivity contribution in [2.75, 3.05) is 20.2 Å². The number of pyridine rings is 1. The van der Waals surface area contributed by atoms with Crippen LogP contribution in [0.3, 0.4) is 0 Å². The summed E-state index contributed by atoms with van der Waals surface area (Å²) in [6, 6.07) is 6.18. The van der Waals surface area contributed by atoms with Crippen LogP contribution in [0.4, 0.5) is 4.79 Å². The van der Waals surface area contributed by atoms with Gasteiger partial charge in [0.15, 0.2) is 5.78 Å². The molecule has 2 aromatic heterocycles. The van der Waals surface area contributed by atoms with Gasteiger partial charge in [-0.3, -0.25) is 14.3 Å². The van der Waals surface area contributed by atoms with Gasteiger partial charge in [0.1, 0.15) is 28.3 Å². The monoisotopic (exact) mass is 735 g/mol. The second kappa shape index (κ2) is 13.5. The second-order valence-corrected chi connectivity index (χ2v) is 18.0. The number of nitrogens with one attached hydrogen (secondary N) is 2. The zero-order valence-corrected chi connectivity index (χ0v) is 31.1. The molecule has 4 atom stereocenters. The number of urea groups is 1. The third-order valence-corrected chi connectivity index (χ3v) is 13.9. The van der Waals surface area contributed by atoms with Gasteiger partial charge in [-0.1, -0.05) is 26.0 Å². The number of ether oxygens (including phenoxy) is 2. The topological polar surface area (TPSA) is 157 Å². The number of hydrogen-bond acceptors (Lipinski definition) is 10. The van der Waals surface area contributed by atoms with Crippen LogP contribution in [0.2, 0.25) is 0 Å². The summed E-state index contributed by atoms with van der Waals surface area (Å²) < 4.78 is 39.6. The minimum atomic E-state index is -3.89. The molecular formula is C37H45N5O7S2. The number of allylic oxidation sites excluding steroid dienone is 2. The Bertz CT molecular complexity index is 2010. The Morgan fingerprint density at radius 3 is 2.69 bits per heavy atom. The van der Waals surface area contributed by atoms with E-state index < -0.39 is 38.2 Å². The van der Waals surface area contributed by atoms with Crippen LogP contribution in [-0.2, 0) is 19.6 Å². The normalized spacial score (nSPS) is 26.8. The smallest absolute Gasteiger partial charge is 0.318 e. The van der Waals surface area contributed by atoms with Gasteiger partial charge < -0.3 is 19.7 Å². The van der Waals surface area contributed by atoms with E-state index in [4.69, 9.17) is 19.4 Å². The summed E-state index contributed by atoms with van der Waals surface area (Å²) in [5.41, 5.74) is 1.08. The molecule has 51 heavy (non-hydrogen) atoms. The molecule has 3 fully saturated rings. The Morgan fingerprint density at radius 2 is 1.96 bits per heavy atom. The lowest BCUT2D eigenvalue weighted by Crippen LogP contribution is -2.48. The van der Waals surface area contributed by atoms with Crippen molar-refractivity contribution in [1.82, 2.24) is 24.9 Å². The molecule has 0 bridgehead atoms. The molecule has 272 valence electrons. The highest BCUT2D eigenvalue weighted by Gasteiger charge is 2.62. The zero-order chi connectivity index (χ0) is 36.1. The van der Waals surface area contributed by atoms with Gasteiger partial charge in [-0.15, -0.1) is 11.3 Å². The van der Waals surface area contributed by atoms with Crippen LogP contribution in [0, 0.1) is 11.3 Å². The van der Waals surface area contributed by atoms with E-state index in [1.165, 1.54) is 16.2 Å². The van der Waals surface area contributed by atoms with Crippen LogP contribution in [-0.4, -0.2) is 78.1 Å². The Kier molecular flexibility index (Phi) is 9.36. The van der Waals surface area contributed by atoms with Gasteiger partial charge in [0.05, 0.1) is 41.1 Å². The maximum absolute atomic E-state index is 14.2. The minimum absolute atomic E-state index is 0.154. The summed E-state index contributed by atoms with van der Waals surface area (Å²) >= 11 is 1.51. The van der Waals surface area contributed by atoms with Gasteiger partial charge in [-0.2, -0.15) is 0 Å². The molecule has 2 aliphatic heterocycles. The molecule has 3 amide bonds. The van der Waals surface area contributed by atoms with Crippen LogP contribution in [0.15, 0.2) is 41.8 Å². The maximum atomic E-state index is 14.2. The van der Waals surface area contributed by atoms with Crippen molar-refractivity contribution in [3.63, 3.8) is 0 Å². The number of nitrogens with zero attached hydrogens (tertiary/aromatic N) is 3. The standard InChI is InChI=1S/C37H45N5O7S2/c1-22(2)29-21-50-33(40-29)28-17-32(26-11-10-24(48-4)15-27(26)39-28)49-25-16-30-31(43)19-37(34(44)41-51(46,47)36(3)12-13-36)18-23(37)9-7-5-6-8-14-38-35(45)42(30)20-25/h7,9-11,15,17,21-23,25,30H,5-6,8,12-14,16,18-20H2,1-4H3,(H,38,45)(H,41,44)/b9-7-/t23-,25-,30+,37-/m1/s1. The van der Waals surface area contributed by atoms with Gasteiger partial charge in [-0.05, 0) is 69.4 Å². The van der Waals surface area contributed by atoms with Crippen molar-refractivity contribution in [2.45, 2.75) is 94.9 Å². The zero-order valence-electron chi connectivity index (χ0n) is 29.4. The molecule has 4 heterocycles. The molecule has 12 nitrogen and oxygen atoms in total. The molecule has 2 N–H and O–H groups in total. The number of sulfonamides is 1. The highest BCUT2D eigenvalue weighted by atomic mass is 32.2. The predicted octanol–water partition coefficient (Wildman–Crippen LogP) is 5.73. The summed E-state index contributed by atoms with van der Waals surface area (Å²) in [5, 5.41) is 6.50. The fraction of sp³-hybridized carbons (Fsp3) is 0.541. The number of hydrogen-bond donors (Lipinski definition) is 2. The molecule has 2 saturated carbocycles. The van der Waals surface area contributed by atoms with Gasteiger partial charge in [0.25, 0.3) is 0 Å². The van der Waals surface area contributed by atoms with Crippen LogP contribution < -0.4 is 19.5 Å². The number of carbonyl (C=O) groups is 3. The van der Waals surface area contributed by atoms with E-state index in [-0.39, 0.29) is 43.0 Å². The lowest BCUT2D eigenvalue weighted by atomic mass is 9.91. The number of benzene rings is 1. The Morgan fingerprint density at radius 1 is 1.16 bits per heavy atom. The summed E-state index contributed by atoms with van der Waals surface area (Å²) in [4.78, 5) is 52.8. The number of carbonyl (C=O) groups excluding carboxylic acids is 3. The average molecular weight is 736 g/mol. The minimum Gasteiger partial charge on any atom is -0.497 e. The van der Waals surface area contributed by atoms with Crippen molar-refractivity contribution in [3.8, 4) is 22.2 Å². The number of ketones is 1. The van der Waals surface area contributed by atoms with E-state index in [0.717, 1.165) is 35.4 Å². The van der Waals surface area contributed by atoms with Crippen LogP contribution in [0.5, 0.6) is 11.5 Å². The number of fused-ring (bicyclic) bond motifs is 3. The quantitative estimate of drug-likeness (QED) is 0.276. The number of aromatic nitrogens is 2. The average Bonchev–Trinajstić information content (AvgIpc) is 3.86. The molecule has 2 aliphatic carbocycles. The summed E-state index contributed by atoms with van der Waals surface area (Å²) in [6.45, 7) is 6.42. The molecule has 4 aliphatic rings. The number of amides is 3. The Balaban J connectivity index is 1.18. The molecule has 0 spiro atoms. The Hall–Kier alpha value is -4.04. The van der Waals surface area contributed by atoms with E-state index in [9.17, 15) is 22.8 Å². The first-order valence-corrected chi connectivity index (χ1v) is 20.1. The van der Waals surface area contributed by atoms with Gasteiger partial charge in [0, 0.05) is 42.3 Å². The summed E-state index contributed by atoms with van der Waals surface area (Å²) in [5.74, 6) is 0.259. The van der Waals surface area contributed by atoms with Crippen molar-refractivity contribution in [1.29, 1.82) is 0 Å². The first kappa shape index (κ1) is 35.4. The molecule has 1 aromatic carbocycles. The molecule has 3 aromatic rings. The largest absolute Gasteiger partial charge is 0.497 e. The molecule has 7 rings (SSSR count). The van der Waals surface area contributed by atoms with E-state index in [1.807, 2.05) is 41.8 Å². The van der Waals surface area contributed by atoms with E-state index in [0.29, 0.717) is 48.5 Å². The molecule has 0 unspecified atom stereocenters. The van der Waals surface area contributed by atoms with Crippen LogP contribution in [0.1, 0.15) is 83.7 Å². The van der Waals surface area contributed by atoms with Crippen LogP contribution in [0.25, 0.3) is 21.6 Å². The first-order valence-electron chi connectivity index (χ1n) is 17.7. The third-order valence-electron chi connectivity index (χ3n) is 10.8. The predicted molar refractivity (Wildman–Crippen MR) is 194 cm³/mol. The van der Waals surface area contributed by atoms with Gasteiger partial charge >= 0.3 is 6.03 Å². The van der Waals surface area contributed by atoms with Gasteiger partial charge in [-0.25, -0.2) is 23.2 Å². The molecule has 0 radical (unpaired) electrons. The number of rotatable bonds is 8. The highest BCUT2D eigenvalue weighted by molar-refractivity contribution is 7.91. The van der Waals surface area contributed by atoms with Crippen molar-refractivity contribution in [2.24, 2.45) is 11.3 Å². The van der Waals surface area contributed by atoms with E-state index >= 15 is 0 Å². The fourth-order valence-electron chi connectivity index (χ4n) is 7.07. The number of thiazole rings is 1. The van der Waals surface area contributed by atoms with Gasteiger partial charge in [0.2, 0.25) is 15.9 Å². The molecule has 1 saturated heterocycles. The Labute approximate surface area is 302 Å². The summed E-state index contributed by atoms with van der Waals surface area (Å²) in [6.07, 6.45) is 7.14. The van der Waals surface area contributed by atoms with Crippen molar-refractivity contribution in [3.05, 3.63) is 47.5 Å². The highest BCUT2D eigenvalue weighted by Crippen LogP contribution is 2.57. The van der Waals surface area contributed by atoms with Crippen molar-refractivity contribution < 1.29 is 32.3 Å². The lowest BCUT2D eigenvalue weighted by molar-refractivity contribution is -0.131. The van der Waals surface area contributed by atoms with E-state index in [1.54, 1.807) is 14.0 Å². The van der Waals surface area contributed by atoms with Crippen molar-refractivity contribution >= 4 is 50.0 Å². The number of Topliss-reactive ketones (excluding diaryl/α,β-unsaturated/α-hetero) is 1. The first-order chi connectivity index (χ1) is 24.3. The third kappa shape index (κ3) is 6.96. The molecular weight excluding hydrogens is 691 g/mol. The van der Waals surface area contributed by atoms with Crippen LogP contribution >= 0.6 is 11.3 Å². The lowest BCUT2D eigenvalue weighted by Gasteiger charge is -2.26. The second-order valence-electron chi connectivity index (χ2n) is 14.9. The van der Waals surface area contributed by atoms with E-state index in [2.05, 4.69) is 23.9 Å². The summed E-state index contributed by atoms with van der Waals surface area (Å²) in [7, 11) is -2.29. The SMILES string of the molecule is COc1ccc2c(O[C@@H]3C[C@H]4C(=O)C[C@]5(C(=O)NS(=O)(=O)C6(C)CC6)C[C@H]5/C=C\CCCCNC(=O)N4C3)cc(-c3nc(C(C)C)cs3)nc2c1. The molecule has 14 heteroatoms.